The van der Waals surface area contributed by atoms with Crippen molar-refractivity contribution in [2.24, 2.45) is 0 Å². The van der Waals surface area contributed by atoms with E-state index in [2.05, 4.69) is 43.3 Å². The van der Waals surface area contributed by atoms with Gasteiger partial charge in [0.1, 0.15) is 18.1 Å². The lowest BCUT2D eigenvalue weighted by atomic mass is 9.87. The Balaban J connectivity index is 1.42. The van der Waals surface area contributed by atoms with Crippen LogP contribution in [0.2, 0.25) is 0 Å². The van der Waals surface area contributed by atoms with Crippen LogP contribution in [0.3, 0.4) is 0 Å². The zero-order valence-corrected chi connectivity index (χ0v) is 22.5. The molecule has 0 saturated heterocycles. The van der Waals surface area contributed by atoms with Crippen molar-refractivity contribution in [3.63, 3.8) is 0 Å². The first-order chi connectivity index (χ1) is 17.6. The average Bonchev–Trinajstić information content (AvgIpc) is 3.14. The summed E-state index contributed by atoms with van der Waals surface area (Å²) in [5, 5.41) is 7.71. The Labute approximate surface area is 219 Å². The molecule has 6 nitrogen and oxygen atoms in total. The van der Waals surface area contributed by atoms with Crippen LogP contribution in [0, 0.1) is 13.8 Å². The monoisotopic (exact) mass is 497 g/mol. The molecule has 0 aliphatic carbocycles. The highest BCUT2D eigenvalue weighted by atomic mass is 16.5. The molecule has 4 rings (SSSR count). The van der Waals surface area contributed by atoms with Crippen molar-refractivity contribution < 1.29 is 14.3 Å². The van der Waals surface area contributed by atoms with Crippen LogP contribution < -0.4 is 14.8 Å². The molecule has 6 heteroatoms. The van der Waals surface area contributed by atoms with Crippen LogP contribution in [-0.4, -0.2) is 22.8 Å². The number of amides is 1. The van der Waals surface area contributed by atoms with Crippen LogP contribution in [0.25, 0.3) is 0 Å². The number of hydrogen-bond acceptors (Lipinski definition) is 4. The van der Waals surface area contributed by atoms with Crippen molar-refractivity contribution in [1.82, 2.24) is 9.78 Å². The van der Waals surface area contributed by atoms with E-state index < -0.39 is 0 Å². The lowest BCUT2D eigenvalue weighted by Crippen LogP contribution is -2.14. The molecule has 1 amide bonds. The van der Waals surface area contributed by atoms with E-state index in [1.165, 1.54) is 5.56 Å². The number of carbonyl (C=O) groups is 1. The SMILES string of the molecule is COc1cccc(Cn2nc(C)c(NC(=O)c3cccc(COc4ccc(C(C)(C)C)cc4)c3)c2C)c1. The largest absolute Gasteiger partial charge is 0.497 e. The first kappa shape index (κ1) is 26.0. The third-order valence-corrected chi connectivity index (χ3v) is 6.40. The van der Waals surface area contributed by atoms with Gasteiger partial charge in [0.2, 0.25) is 0 Å². The molecule has 37 heavy (non-hydrogen) atoms. The minimum absolute atomic E-state index is 0.0997. The van der Waals surface area contributed by atoms with Gasteiger partial charge in [-0.05, 0) is 72.4 Å². The number of anilines is 1. The number of carbonyl (C=O) groups excluding carboxylic acids is 1. The standard InChI is InChI=1S/C31H35N3O3/c1-21-29(22(2)34(33-21)19-23-9-8-12-28(18-23)36-6)32-30(35)25-11-7-10-24(17-25)20-37-27-15-13-26(14-16-27)31(3,4)5/h7-18H,19-20H2,1-6H3,(H,32,35). The van der Waals surface area contributed by atoms with Crippen molar-refractivity contribution in [2.45, 2.75) is 53.2 Å². The highest BCUT2D eigenvalue weighted by Gasteiger charge is 2.16. The molecule has 0 atom stereocenters. The molecule has 0 radical (unpaired) electrons. The maximum Gasteiger partial charge on any atom is 0.255 e. The number of aromatic nitrogens is 2. The lowest BCUT2D eigenvalue weighted by molar-refractivity contribution is 0.102. The molecule has 0 saturated carbocycles. The van der Waals surface area contributed by atoms with E-state index in [9.17, 15) is 4.79 Å². The van der Waals surface area contributed by atoms with E-state index >= 15 is 0 Å². The van der Waals surface area contributed by atoms with E-state index in [0.717, 1.165) is 39.7 Å². The Hall–Kier alpha value is -4.06. The van der Waals surface area contributed by atoms with Crippen LogP contribution >= 0.6 is 0 Å². The predicted molar refractivity (Wildman–Crippen MR) is 148 cm³/mol. The van der Waals surface area contributed by atoms with Gasteiger partial charge in [-0.15, -0.1) is 0 Å². The zero-order chi connectivity index (χ0) is 26.6. The van der Waals surface area contributed by atoms with Crippen molar-refractivity contribution in [3.8, 4) is 11.5 Å². The van der Waals surface area contributed by atoms with E-state index in [-0.39, 0.29) is 11.3 Å². The molecule has 0 aliphatic heterocycles. The van der Waals surface area contributed by atoms with E-state index in [1.54, 1.807) is 7.11 Å². The molecule has 0 spiro atoms. The Morgan fingerprint density at radius 1 is 0.919 bits per heavy atom. The molecule has 0 unspecified atom stereocenters. The number of ether oxygens (including phenoxy) is 2. The summed E-state index contributed by atoms with van der Waals surface area (Å²) in [5.41, 5.74) is 6.33. The zero-order valence-electron chi connectivity index (χ0n) is 22.5. The van der Waals surface area contributed by atoms with E-state index in [1.807, 2.05) is 79.2 Å². The molecule has 0 fully saturated rings. The topological polar surface area (TPSA) is 65.4 Å². The van der Waals surface area contributed by atoms with Gasteiger partial charge in [-0.2, -0.15) is 5.10 Å². The molecular weight excluding hydrogens is 462 g/mol. The third-order valence-electron chi connectivity index (χ3n) is 6.40. The molecule has 1 aromatic heterocycles. The average molecular weight is 498 g/mol. The maximum absolute atomic E-state index is 13.1. The second-order valence-corrected chi connectivity index (χ2v) is 10.3. The van der Waals surface area contributed by atoms with Gasteiger partial charge in [0.25, 0.3) is 5.91 Å². The third kappa shape index (κ3) is 6.39. The fraction of sp³-hybridized carbons (Fsp3) is 0.290. The number of methoxy groups -OCH3 is 1. The van der Waals surface area contributed by atoms with Crippen molar-refractivity contribution >= 4 is 11.6 Å². The van der Waals surface area contributed by atoms with Gasteiger partial charge in [0.05, 0.1) is 30.7 Å². The minimum Gasteiger partial charge on any atom is -0.497 e. The number of nitrogens with one attached hydrogen (secondary N) is 1. The first-order valence-corrected chi connectivity index (χ1v) is 12.4. The second-order valence-electron chi connectivity index (χ2n) is 10.3. The van der Waals surface area contributed by atoms with Gasteiger partial charge >= 0.3 is 0 Å². The minimum atomic E-state index is -0.177. The Morgan fingerprint density at radius 2 is 1.62 bits per heavy atom. The van der Waals surface area contributed by atoms with Gasteiger partial charge in [-0.25, -0.2) is 0 Å². The van der Waals surface area contributed by atoms with E-state index in [4.69, 9.17) is 9.47 Å². The van der Waals surface area contributed by atoms with Crippen LogP contribution in [0.1, 0.15) is 59.2 Å². The quantitative estimate of drug-likeness (QED) is 0.295. The summed E-state index contributed by atoms with van der Waals surface area (Å²) in [6.07, 6.45) is 0. The number of nitrogens with zero attached hydrogens (tertiary/aromatic N) is 2. The summed E-state index contributed by atoms with van der Waals surface area (Å²) < 4.78 is 13.2. The van der Waals surface area contributed by atoms with Crippen LogP contribution in [0.15, 0.2) is 72.8 Å². The molecule has 4 aromatic rings. The van der Waals surface area contributed by atoms with Crippen LogP contribution in [0.4, 0.5) is 5.69 Å². The maximum atomic E-state index is 13.1. The summed E-state index contributed by atoms with van der Waals surface area (Å²) in [6, 6.07) is 23.6. The molecule has 1 N–H and O–H groups in total. The Kier molecular flexibility index (Phi) is 7.67. The lowest BCUT2D eigenvalue weighted by Gasteiger charge is -2.19. The highest BCUT2D eigenvalue weighted by molar-refractivity contribution is 6.05. The Morgan fingerprint density at radius 3 is 2.32 bits per heavy atom. The fourth-order valence-corrected chi connectivity index (χ4v) is 4.18. The van der Waals surface area contributed by atoms with Gasteiger partial charge in [0.15, 0.2) is 0 Å². The number of hydrogen-bond donors (Lipinski definition) is 1. The van der Waals surface area contributed by atoms with Crippen molar-refractivity contribution in [2.75, 3.05) is 12.4 Å². The summed E-state index contributed by atoms with van der Waals surface area (Å²) in [6.45, 7) is 11.4. The number of rotatable bonds is 8. The molecule has 0 aliphatic rings. The summed E-state index contributed by atoms with van der Waals surface area (Å²) in [7, 11) is 1.65. The van der Waals surface area contributed by atoms with E-state index in [0.29, 0.717) is 18.7 Å². The smallest absolute Gasteiger partial charge is 0.255 e. The van der Waals surface area contributed by atoms with Crippen molar-refractivity contribution in [1.29, 1.82) is 0 Å². The van der Waals surface area contributed by atoms with Gasteiger partial charge in [0, 0.05) is 5.56 Å². The first-order valence-electron chi connectivity index (χ1n) is 12.4. The molecule has 1 heterocycles. The van der Waals surface area contributed by atoms with Gasteiger partial charge < -0.3 is 14.8 Å². The molecule has 0 bridgehead atoms. The number of benzene rings is 3. The summed E-state index contributed by atoms with van der Waals surface area (Å²) in [5.74, 6) is 1.43. The highest BCUT2D eigenvalue weighted by Crippen LogP contribution is 2.25. The molecular formula is C31H35N3O3. The van der Waals surface area contributed by atoms with Gasteiger partial charge in [-0.1, -0.05) is 57.2 Å². The Bertz CT molecular complexity index is 1380. The number of aryl methyl sites for hydroxylation is 1. The molecule has 192 valence electrons. The second kappa shape index (κ2) is 10.9. The summed E-state index contributed by atoms with van der Waals surface area (Å²) in [4.78, 5) is 13.1. The van der Waals surface area contributed by atoms with Crippen LogP contribution in [-0.2, 0) is 18.6 Å². The predicted octanol–water partition coefficient (Wildman–Crippen LogP) is 6.69. The molecule has 3 aromatic carbocycles. The summed E-state index contributed by atoms with van der Waals surface area (Å²) >= 11 is 0. The van der Waals surface area contributed by atoms with Crippen LogP contribution in [0.5, 0.6) is 11.5 Å². The normalized spacial score (nSPS) is 11.3. The van der Waals surface area contributed by atoms with Gasteiger partial charge in [-0.3, -0.25) is 9.48 Å². The fourth-order valence-electron chi connectivity index (χ4n) is 4.18. The van der Waals surface area contributed by atoms with Crippen molar-refractivity contribution in [3.05, 3.63) is 106 Å².